The van der Waals surface area contributed by atoms with Gasteiger partial charge in [-0.2, -0.15) is 0 Å². The second kappa shape index (κ2) is 9.87. The summed E-state index contributed by atoms with van der Waals surface area (Å²) in [6.07, 6.45) is 16.0. The summed E-state index contributed by atoms with van der Waals surface area (Å²) in [5, 5.41) is 27.4. The number of carbonyl (C=O) groups is 2. The standard InChI is InChI=1S/C30H44N2O5/c1-28-13-10-22(32-37-18-26(33)31-17-19-4-6-20(7-5-19)27(34)35)16-21(28)8-9-23-24(28)11-14-29(2)25(23)12-15-30(29,3)36/h10,13,16,19-20,23-25,36H,4-9,11-12,14-15,17-18H2,1-3H3,(H,31,33)(H,34,35)/b32-22+/t19?,20?,23-,24+,25+,28+,29+,30+/m1/s1. The van der Waals surface area contributed by atoms with E-state index in [0.29, 0.717) is 43.1 Å². The number of hydrogen-bond donors (Lipinski definition) is 3. The monoisotopic (exact) mass is 512 g/mol. The minimum Gasteiger partial charge on any atom is -0.481 e. The van der Waals surface area contributed by atoms with Crippen LogP contribution in [0.1, 0.15) is 85.0 Å². The highest BCUT2D eigenvalue weighted by molar-refractivity contribution is 6.05. The van der Waals surface area contributed by atoms with Crippen LogP contribution in [0.15, 0.2) is 29.0 Å². The molecule has 4 fully saturated rings. The molecule has 204 valence electrons. The normalized spacial score (nSPS) is 43.8. The van der Waals surface area contributed by atoms with E-state index >= 15 is 0 Å². The first-order valence-corrected chi connectivity index (χ1v) is 14.4. The Morgan fingerprint density at radius 1 is 1.05 bits per heavy atom. The van der Waals surface area contributed by atoms with Crippen LogP contribution in [0.3, 0.4) is 0 Å². The molecule has 4 saturated carbocycles. The molecule has 0 aromatic carbocycles. The van der Waals surface area contributed by atoms with Gasteiger partial charge >= 0.3 is 5.97 Å². The van der Waals surface area contributed by atoms with Gasteiger partial charge < -0.3 is 20.4 Å². The van der Waals surface area contributed by atoms with E-state index < -0.39 is 11.6 Å². The van der Waals surface area contributed by atoms with Gasteiger partial charge in [0.2, 0.25) is 0 Å². The molecule has 7 heteroatoms. The summed E-state index contributed by atoms with van der Waals surface area (Å²) in [6, 6.07) is 0. The summed E-state index contributed by atoms with van der Waals surface area (Å²) in [5.41, 5.74) is 1.67. The number of carbonyl (C=O) groups excluding carboxylic acids is 1. The van der Waals surface area contributed by atoms with Gasteiger partial charge in [-0.15, -0.1) is 0 Å². The predicted molar refractivity (Wildman–Crippen MR) is 142 cm³/mol. The lowest BCUT2D eigenvalue weighted by molar-refractivity contribution is -0.143. The lowest BCUT2D eigenvalue weighted by Crippen LogP contribution is -2.53. The molecule has 6 atom stereocenters. The molecule has 5 aliphatic rings. The maximum atomic E-state index is 12.2. The van der Waals surface area contributed by atoms with Crippen LogP contribution in [0, 0.1) is 40.4 Å². The molecule has 0 unspecified atom stereocenters. The molecule has 37 heavy (non-hydrogen) atoms. The zero-order valence-electron chi connectivity index (χ0n) is 22.7. The van der Waals surface area contributed by atoms with Gasteiger partial charge in [-0.3, -0.25) is 9.59 Å². The maximum Gasteiger partial charge on any atom is 0.306 e. The van der Waals surface area contributed by atoms with Crippen LogP contribution in [0.2, 0.25) is 0 Å². The van der Waals surface area contributed by atoms with Crippen molar-refractivity contribution in [2.75, 3.05) is 13.2 Å². The lowest BCUT2D eigenvalue weighted by Gasteiger charge is -2.58. The molecular weight excluding hydrogens is 468 g/mol. The van der Waals surface area contributed by atoms with E-state index in [1.54, 1.807) is 0 Å². The first-order chi connectivity index (χ1) is 17.5. The minimum atomic E-state index is -0.708. The highest BCUT2D eigenvalue weighted by Gasteiger charge is 2.61. The largest absolute Gasteiger partial charge is 0.481 e. The fourth-order valence-corrected chi connectivity index (χ4v) is 8.60. The van der Waals surface area contributed by atoms with E-state index in [2.05, 4.69) is 43.4 Å². The van der Waals surface area contributed by atoms with Crippen LogP contribution in [-0.4, -0.2) is 46.6 Å². The molecule has 5 aliphatic carbocycles. The van der Waals surface area contributed by atoms with Gasteiger partial charge in [-0.05, 0) is 112 Å². The number of amides is 1. The topological polar surface area (TPSA) is 108 Å². The number of aliphatic carboxylic acids is 1. The summed E-state index contributed by atoms with van der Waals surface area (Å²) in [6.45, 7) is 7.20. The molecule has 0 radical (unpaired) electrons. The molecule has 0 heterocycles. The fraction of sp³-hybridized carbons (Fsp3) is 0.767. The van der Waals surface area contributed by atoms with Crippen molar-refractivity contribution in [2.24, 2.45) is 45.6 Å². The molecule has 3 N–H and O–H groups in total. The molecule has 0 spiro atoms. The van der Waals surface area contributed by atoms with Gasteiger partial charge in [0.05, 0.1) is 11.5 Å². The molecule has 0 aliphatic heterocycles. The van der Waals surface area contributed by atoms with Crippen LogP contribution in [0.4, 0.5) is 0 Å². The van der Waals surface area contributed by atoms with Gasteiger partial charge in [0, 0.05) is 12.0 Å². The molecule has 7 nitrogen and oxygen atoms in total. The number of allylic oxidation sites excluding steroid dienone is 4. The molecule has 0 bridgehead atoms. The average molecular weight is 513 g/mol. The molecule has 0 aromatic heterocycles. The molecular formula is C30H44N2O5. The van der Waals surface area contributed by atoms with Gasteiger partial charge in [0.1, 0.15) is 5.71 Å². The number of aliphatic hydroxyl groups is 1. The Bertz CT molecular complexity index is 1010. The van der Waals surface area contributed by atoms with Crippen LogP contribution in [0.25, 0.3) is 0 Å². The minimum absolute atomic E-state index is 0.0226. The number of nitrogens with one attached hydrogen (secondary N) is 1. The van der Waals surface area contributed by atoms with Crippen molar-refractivity contribution in [1.29, 1.82) is 0 Å². The summed E-state index contributed by atoms with van der Waals surface area (Å²) < 4.78 is 0. The van der Waals surface area contributed by atoms with Crippen molar-refractivity contribution >= 4 is 17.6 Å². The quantitative estimate of drug-likeness (QED) is 0.441. The SMILES string of the molecule is C[C@]12C=C/C(=N\OCC(=O)NCC3CCC(C(=O)O)CC3)C=C1CC[C@@H]1[C@@H]2CC[C@@]2(C)[C@H]1CC[C@]2(C)O. The van der Waals surface area contributed by atoms with Crippen molar-refractivity contribution in [2.45, 2.75) is 90.6 Å². The Labute approximate surface area is 220 Å². The number of hydrogen-bond acceptors (Lipinski definition) is 5. The van der Waals surface area contributed by atoms with Gasteiger partial charge in [0.25, 0.3) is 5.91 Å². The van der Waals surface area contributed by atoms with Gasteiger partial charge in [-0.25, -0.2) is 0 Å². The smallest absolute Gasteiger partial charge is 0.306 e. The Balaban J connectivity index is 1.13. The Kier molecular flexibility index (Phi) is 7.05. The van der Waals surface area contributed by atoms with Crippen molar-refractivity contribution in [1.82, 2.24) is 5.32 Å². The van der Waals surface area contributed by atoms with E-state index in [-0.39, 0.29) is 29.3 Å². The van der Waals surface area contributed by atoms with Crippen LogP contribution < -0.4 is 5.32 Å². The molecule has 0 saturated heterocycles. The summed E-state index contributed by atoms with van der Waals surface area (Å²) in [5.74, 6) is 1.03. The number of rotatable bonds is 6. The summed E-state index contributed by atoms with van der Waals surface area (Å²) >= 11 is 0. The van der Waals surface area contributed by atoms with Crippen molar-refractivity contribution < 1.29 is 24.6 Å². The first kappa shape index (κ1) is 26.5. The van der Waals surface area contributed by atoms with E-state index in [4.69, 9.17) is 9.94 Å². The number of fused-ring (bicyclic) bond motifs is 5. The number of carboxylic acids is 1. The van der Waals surface area contributed by atoms with Gasteiger partial charge in [0.15, 0.2) is 6.61 Å². The number of oxime groups is 1. The van der Waals surface area contributed by atoms with E-state index in [0.717, 1.165) is 50.7 Å². The van der Waals surface area contributed by atoms with E-state index in [9.17, 15) is 14.7 Å². The Hall–Kier alpha value is -2.15. The maximum absolute atomic E-state index is 12.2. The number of nitrogens with zero attached hydrogens (tertiary/aromatic N) is 1. The van der Waals surface area contributed by atoms with Crippen molar-refractivity contribution in [3.8, 4) is 0 Å². The lowest BCUT2D eigenvalue weighted by atomic mass is 9.47. The average Bonchev–Trinajstić information content (AvgIpc) is 3.11. The third kappa shape index (κ3) is 4.77. The fourth-order valence-electron chi connectivity index (χ4n) is 8.60. The Morgan fingerprint density at radius 2 is 1.78 bits per heavy atom. The van der Waals surface area contributed by atoms with Gasteiger partial charge in [-0.1, -0.05) is 30.7 Å². The zero-order valence-corrected chi connectivity index (χ0v) is 22.7. The molecule has 5 rings (SSSR count). The van der Waals surface area contributed by atoms with E-state index in [1.807, 2.05) is 6.08 Å². The summed E-state index contributed by atoms with van der Waals surface area (Å²) in [7, 11) is 0. The third-order valence-corrected chi connectivity index (χ3v) is 11.3. The molecule has 0 aromatic rings. The predicted octanol–water partition coefficient (Wildman–Crippen LogP) is 4.86. The Morgan fingerprint density at radius 3 is 2.51 bits per heavy atom. The van der Waals surface area contributed by atoms with Crippen LogP contribution >= 0.6 is 0 Å². The first-order valence-electron chi connectivity index (χ1n) is 14.4. The highest BCUT2D eigenvalue weighted by Crippen LogP contribution is 2.66. The third-order valence-electron chi connectivity index (χ3n) is 11.3. The number of carboxylic acid groups (broad SMARTS) is 1. The summed E-state index contributed by atoms with van der Waals surface area (Å²) in [4.78, 5) is 28.7. The van der Waals surface area contributed by atoms with E-state index in [1.165, 1.54) is 12.0 Å². The zero-order chi connectivity index (χ0) is 26.4. The molecule has 1 amide bonds. The second-order valence-corrected chi connectivity index (χ2v) is 13.1. The second-order valence-electron chi connectivity index (χ2n) is 13.1. The van der Waals surface area contributed by atoms with Crippen molar-refractivity contribution in [3.05, 3.63) is 23.8 Å². The van der Waals surface area contributed by atoms with Crippen molar-refractivity contribution in [3.63, 3.8) is 0 Å². The van der Waals surface area contributed by atoms with Crippen LogP contribution in [0.5, 0.6) is 0 Å². The van der Waals surface area contributed by atoms with Crippen LogP contribution in [-0.2, 0) is 14.4 Å². The highest BCUT2D eigenvalue weighted by atomic mass is 16.6.